The van der Waals surface area contributed by atoms with E-state index >= 15 is 0 Å². The van der Waals surface area contributed by atoms with Gasteiger partial charge < -0.3 is 15.5 Å². The van der Waals surface area contributed by atoms with Crippen molar-refractivity contribution in [2.75, 3.05) is 6.54 Å². The van der Waals surface area contributed by atoms with Crippen molar-refractivity contribution < 1.29 is 24.0 Å². The Kier molecular flexibility index (Phi) is 8.47. The Hall–Kier alpha value is -3.03. The summed E-state index contributed by atoms with van der Waals surface area (Å²) in [5, 5.41) is 5.23. The summed E-state index contributed by atoms with van der Waals surface area (Å²) in [7, 11) is 0. The fourth-order valence-corrected chi connectivity index (χ4v) is 3.74. The topological polar surface area (TPSA) is 113 Å². The first-order valence-electron chi connectivity index (χ1n) is 10.6. The van der Waals surface area contributed by atoms with E-state index in [-0.39, 0.29) is 24.2 Å². The van der Waals surface area contributed by atoms with Gasteiger partial charge in [-0.1, -0.05) is 44.2 Å². The molecule has 3 atom stereocenters. The highest BCUT2D eigenvalue weighted by atomic mass is 16.2. The number of nitrogens with zero attached hydrogens (tertiary/aromatic N) is 1. The second-order valence-corrected chi connectivity index (χ2v) is 8.29. The molecule has 0 aromatic heterocycles. The molecule has 8 heteroatoms. The van der Waals surface area contributed by atoms with Crippen molar-refractivity contribution in [3.05, 3.63) is 35.9 Å². The Balaban J connectivity index is 2.07. The van der Waals surface area contributed by atoms with Crippen molar-refractivity contribution in [2.45, 2.75) is 65.1 Å². The molecule has 1 aromatic rings. The zero-order valence-corrected chi connectivity index (χ0v) is 18.5. The van der Waals surface area contributed by atoms with Crippen LogP contribution < -0.4 is 10.6 Å². The number of benzene rings is 1. The molecule has 0 unspecified atom stereocenters. The van der Waals surface area contributed by atoms with Gasteiger partial charge in [0.1, 0.15) is 12.1 Å². The summed E-state index contributed by atoms with van der Waals surface area (Å²) in [6, 6.07) is 6.51. The number of carbonyl (C=O) groups is 5. The number of ketones is 2. The number of nitrogens with one attached hydrogen (secondary N) is 2. The van der Waals surface area contributed by atoms with E-state index in [2.05, 4.69) is 10.6 Å². The number of hydrogen-bond acceptors (Lipinski definition) is 5. The van der Waals surface area contributed by atoms with Crippen LogP contribution in [0.5, 0.6) is 0 Å². The van der Waals surface area contributed by atoms with Gasteiger partial charge in [-0.15, -0.1) is 0 Å². The van der Waals surface area contributed by atoms with Gasteiger partial charge in [0.25, 0.3) is 0 Å². The van der Waals surface area contributed by atoms with Crippen molar-refractivity contribution in [1.82, 2.24) is 15.5 Å². The van der Waals surface area contributed by atoms with Gasteiger partial charge in [-0.05, 0) is 31.2 Å². The molecular formula is C23H31N3O5. The average molecular weight is 430 g/mol. The summed E-state index contributed by atoms with van der Waals surface area (Å²) < 4.78 is 0. The Morgan fingerprint density at radius 1 is 1.03 bits per heavy atom. The molecule has 1 aliphatic heterocycles. The molecule has 168 valence electrons. The Labute approximate surface area is 182 Å². The molecule has 2 N–H and O–H groups in total. The minimum atomic E-state index is -0.964. The van der Waals surface area contributed by atoms with Gasteiger partial charge in [-0.3, -0.25) is 24.0 Å². The molecule has 1 heterocycles. The third kappa shape index (κ3) is 6.47. The van der Waals surface area contributed by atoms with Gasteiger partial charge in [-0.25, -0.2) is 0 Å². The number of likely N-dealkylation sites (tertiary alicyclic amines) is 1. The van der Waals surface area contributed by atoms with Crippen LogP contribution in [0, 0.1) is 5.92 Å². The molecule has 0 aliphatic carbocycles. The van der Waals surface area contributed by atoms with Crippen LogP contribution in [0.1, 0.15) is 46.1 Å². The van der Waals surface area contributed by atoms with Crippen LogP contribution >= 0.6 is 0 Å². The lowest BCUT2D eigenvalue weighted by Crippen LogP contribution is -2.56. The van der Waals surface area contributed by atoms with E-state index in [1.165, 1.54) is 11.8 Å². The number of carbonyl (C=O) groups excluding carboxylic acids is 5. The second kappa shape index (κ2) is 10.8. The number of Topliss-reactive ketones (excluding diaryl/α,β-unsaturated/α-hetero) is 2. The molecule has 1 fully saturated rings. The lowest BCUT2D eigenvalue weighted by Gasteiger charge is -2.29. The first kappa shape index (κ1) is 24.2. The first-order chi connectivity index (χ1) is 14.6. The van der Waals surface area contributed by atoms with E-state index < -0.39 is 35.6 Å². The smallest absolute Gasteiger partial charge is 0.245 e. The van der Waals surface area contributed by atoms with Gasteiger partial charge >= 0.3 is 0 Å². The summed E-state index contributed by atoms with van der Waals surface area (Å²) in [4.78, 5) is 63.6. The maximum Gasteiger partial charge on any atom is 0.245 e. The van der Waals surface area contributed by atoms with Crippen LogP contribution in [0.2, 0.25) is 0 Å². The molecule has 1 saturated heterocycles. The molecule has 31 heavy (non-hydrogen) atoms. The van der Waals surface area contributed by atoms with Crippen molar-refractivity contribution in [3.63, 3.8) is 0 Å². The van der Waals surface area contributed by atoms with Crippen LogP contribution in [-0.4, -0.2) is 58.9 Å². The average Bonchev–Trinajstić information content (AvgIpc) is 3.20. The van der Waals surface area contributed by atoms with Gasteiger partial charge in [0.2, 0.25) is 29.3 Å². The van der Waals surface area contributed by atoms with Gasteiger partial charge in [0, 0.05) is 19.9 Å². The van der Waals surface area contributed by atoms with Crippen LogP contribution in [0.15, 0.2) is 30.3 Å². The van der Waals surface area contributed by atoms with Gasteiger partial charge in [-0.2, -0.15) is 0 Å². The van der Waals surface area contributed by atoms with Gasteiger partial charge in [0.15, 0.2) is 0 Å². The third-order valence-electron chi connectivity index (χ3n) is 5.36. The molecule has 8 nitrogen and oxygen atoms in total. The Morgan fingerprint density at radius 3 is 2.26 bits per heavy atom. The number of rotatable bonds is 9. The predicted octanol–water partition coefficient (Wildman–Crippen LogP) is 1.02. The van der Waals surface area contributed by atoms with E-state index in [1.54, 1.807) is 45.0 Å². The first-order valence-corrected chi connectivity index (χ1v) is 10.6. The second-order valence-electron chi connectivity index (χ2n) is 8.29. The van der Waals surface area contributed by atoms with Crippen LogP contribution in [0.25, 0.3) is 0 Å². The molecule has 0 saturated carbocycles. The third-order valence-corrected chi connectivity index (χ3v) is 5.36. The molecule has 0 radical (unpaired) electrons. The fraction of sp³-hybridized carbons (Fsp3) is 0.522. The monoisotopic (exact) mass is 429 g/mol. The maximum atomic E-state index is 12.9. The van der Waals surface area contributed by atoms with Crippen molar-refractivity contribution >= 4 is 29.3 Å². The van der Waals surface area contributed by atoms with E-state index in [1.807, 2.05) is 6.07 Å². The standard InChI is InChI=1S/C23H31N3O5/c1-14(2)20(21(29)19(28)13-17-9-6-5-7-10-17)25-22(30)18-11-8-12-26(18)23(31)15(3)24-16(4)27/h5-7,9-10,14-15,18,20H,8,11-13H2,1-4H3,(H,24,27)(H,25,30)/t15-,18-,20-/m0/s1. The SMILES string of the molecule is CC(=O)N[C@@H](C)C(=O)N1CCC[C@H]1C(=O)N[C@H](C(=O)C(=O)Cc1ccccc1)C(C)C. The highest BCUT2D eigenvalue weighted by Crippen LogP contribution is 2.19. The summed E-state index contributed by atoms with van der Waals surface area (Å²) in [6.45, 7) is 6.81. The fourth-order valence-electron chi connectivity index (χ4n) is 3.74. The zero-order valence-electron chi connectivity index (χ0n) is 18.5. The van der Waals surface area contributed by atoms with Crippen molar-refractivity contribution in [3.8, 4) is 0 Å². The molecule has 0 spiro atoms. The van der Waals surface area contributed by atoms with Crippen LogP contribution in [0.4, 0.5) is 0 Å². The van der Waals surface area contributed by atoms with Crippen molar-refractivity contribution in [1.29, 1.82) is 0 Å². The van der Waals surface area contributed by atoms with Crippen LogP contribution in [0.3, 0.4) is 0 Å². The largest absolute Gasteiger partial charge is 0.345 e. The number of hydrogen-bond donors (Lipinski definition) is 2. The lowest BCUT2D eigenvalue weighted by molar-refractivity contribution is -0.143. The molecule has 2 rings (SSSR count). The molecule has 3 amide bonds. The summed E-state index contributed by atoms with van der Waals surface area (Å²) >= 11 is 0. The Morgan fingerprint density at radius 2 is 1.68 bits per heavy atom. The van der Waals surface area contributed by atoms with E-state index in [9.17, 15) is 24.0 Å². The van der Waals surface area contributed by atoms with E-state index in [0.717, 1.165) is 5.56 Å². The maximum absolute atomic E-state index is 12.9. The summed E-state index contributed by atoms with van der Waals surface area (Å²) in [5.74, 6) is -2.64. The zero-order chi connectivity index (χ0) is 23.1. The van der Waals surface area contributed by atoms with Crippen LogP contribution in [-0.2, 0) is 30.4 Å². The van der Waals surface area contributed by atoms with E-state index in [4.69, 9.17) is 0 Å². The minimum absolute atomic E-state index is 0.0268. The summed E-state index contributed by atoms with van der Waals surface area (Å²) in [5.41, 5.74) is 0.731. The summed E-state index contributed by atoms with van der Waals surface area (Å²) in [6.07, 6.45) is 1.08. The van der Waals surface area contributed by atoms with E-state index in [0.29, 0.717) is 19.4 Å². The minimum Gasteiger partial charge on any atom is -0.345 e. The highest BCUT2D eigenvalue weighted by molar-refractivity contribution is 6.40. The molecular weight excluding hydrogens is 398 g/mol. The molecule has 1 aliphatic rings. The van der Waals surface area contributed by atoms with Crippen molar-refractivity contribution in [2.24, 2.45) is 5.92 Å². The predicted molar refractivity (Wildman–Crippen MR) is 115 cm³/mol. The quantitative estimate of drug-likeness (QED) is 0.569. The molecule has 0 bridgehead atoms. The highest BCUT2D eigenvalue weighted by Gasteiger charge is 2.38. The molecule has 1 aromatic carbocycles. The Bertz CT molecular complexity index is 837. The lowest BCUT2D eigenvalue weighted by atomic mass is 9.94. The normalized spacial score (nSPS) is 17.7. The van der Waals surface area contributed by atoms with Gasteiger partial charge in [0.05, 0.1) is 6.04 Å². The number of amides is 3.